The molecule has 2 rings (SSSR count). The monoisotopic (exact) mass is 363 g/mol. The number of nitrogens with one attached hydrogen (secondary N) is 1. The predicted molar refractivity (Wildman–Crippen MR) is 96.0 cm³/mol. The minimum Gasteiger partial charge on any atom is -0.356 e. The Hall–Kier alpha value is -1.91. The highest BCUT2D eigenvalue weighted by Gasteiger charge is 2.31. The summed E-state index contributed by atoms with van der Waals surface area (Å²) in [6, 6.07) is 8.68. The number of hydrogen-bond acceptors (Lipinski definition) is 4. The van der Waals surface area contributed by atoms with Gasteiger partial charge in [0.25, 0.3) is 0 Å². The normalized spacial score (nSPS) is 16.3. The molecule has 0 radical (unpaired) electrons. The van der Waals surface area contributed by atoms with Crippen LogP contribution in [0, 0.1) is 17.2 Å². The lowest BCUT2D eigenvalue weighted by atomic mass is 9.97. The number of unbranched alkanes of at least 4 members (excludes halogenated alkanes) is 1. The van der Waals surface area contributed by atoms with Gasteiger partial charge >= 0.3 is 0 Å². The number of carbonyl (C=O) groups is 1. The third-order valence-corrected chi connectivity index (χ3v) is 6.30. The molecule has 7 heteroatoms. The van der Waals surface area contributed by atoms with E-state index < -0.39 is 10.0 Å². The Morgan fingerprint density at radius 1 is 1.36 bits per heavy atom. The van der Waals surface area contributed by atoms with Gasteiger partial charge in [-0.05, 0) is 37.0 Å². The Kier molecular flexibility index (Phi) is 6.97. The highest BCUT2D eigenvalue weighted by Crippen LogP contribution is 2.22. The van der Waals surface area contributed by atoms with Crippen LogP contribution in [0.5, 0.6) is 0 Å². The molecule has 0 unspecified atom stereocenters. The molecule has 1 aliphatic rings. The lowest BCUT2D eigenvalue weighted by Gasteiger charge is -2.30. The molecule has 136 valence electrons. The molecular formula is C18H25N3O3S. The Morgan fingerprint density at radius 2 is 2.08 bits per heavy atom. The van der Waals surface area contributed by atoms with Gasteiger partial charge in [0.15, 0.2) is 0 Å². The van der Waals surface area contributed by atoms with Gasteiger partial charge in [0.05, 0.1) is 17.4 Å². The number of hydrogen-bond donors (Lipinski definition) is 1. The minimum atomic E-state index is -3.44. The Morgan fingerprint density at radius 3 is 2.72 bits per heavy atom. The van der Waals surface area contributed by atoms with Crippen molar-refractivity contribution in [1.29, 1.82) is 5.26 Å². The molecule has 1 aliphatic heterocycles. The Bertz CT molecular complexity index is 732. The number of amides is 1. The van der Waals surface area contributed by atoms with Crippen molar-refractivity contribution in [2.75, 3.05) is 19.6 Å². The second kappa shape index (κ2) is 8.97. The van der Waals surface area contributed by atoms with Gasteiger partial charge in [0, 0.05) is 25.6 Å². The van der Waals surface area contributed by atoms with Crippen LogP contribution in [0.1, 0.15) is 43.7 Å². The third kappa shape index (κ3) is 5.55. The molecule has 1 N–H and O–H groups in total. The van der Waals surface area contributed by atoms with Gasteiger partial charge in [-0.2, -0.15) is 5.26 Å². The van der Waals surface area contributed by atoms with Gasteiger partial charge in [0.1, 0.15) is 0 Å². The molecule has 25 heavy (non-hydrogen) atoms. The van der Waals surface area contributed by atoms with Crippen LogP contribution in [0.25, 0.3) is 0 Å². The van der Waals surface area contributed by atoms with Crippen LogP contribution in [-0.2, 0) is 20.6 Å². The molecule has 0 aliphatic carbocycles. The molecule has 0 saturated carbocycles. The molecule has 1 aromatic carbocycles. The molecule has 1 saturated heterocycles. The topological polar surface area (TPSA) is 90.3 Å². The SMILES string of the molecule is CCCCNC(=O)C1CCN(S(=O)(=O)Cc2cccc(C#N)c2)CC1. The van der Waals surface area contributed by atoms with Gasteiger partial charge in [-0.3, -0.25) is 4.79 Å². The zero-order valence-electron chi connectivity index (χ0n) is 14.6. The maximum absolute atomic E-state index is 12.6. The average molecular weight is 363 g/mol. The summed E-state index contributed by atoms with van der Waals surface area (Å²) in [6.07, 6.45) is 3.09. The Balaban J connectivity index is 1.90. The summed E-state index contributed by atoms with van der Waals surface area (Å²) >= 11 is 0. The third-order valence-electron chi connectivity index (χ3n) is 4.45. The fraction of sp³-hybridized carbons (Fsp3) is 0.556. The number of sulfonamides is 1. The van der Waals surface area contributed by atoms with Gasteiger partial charge in [-0.1, -0.05) is 25.5 Å². The smallest absolute Gasteiger partial charge is 0.223 e. The van der Waals surface area contributed by atoms with Crippen LogP contribution in [0.2, 0.25) is 0 Å². The number of benzene rings is 1. The summed E-state index contributed by atoms with van der Waals surface area (Å²) in [7, 11) is -3.44. The molecule has 1 heterocycles. The Labute approximate surface area is 149 Å². The molecule has 0 spiro atoms. The first-order valence-corrected chi connectivity index (χ1v) is 10.3. The highest BCUT2D eigenvalue weighted by molar-refractivity contribution is 7.88. The van der Waals surface area contributed by atoms with Crippen molar-refractivity contribution in [1.82, 2.24) is 9.62 Å². The summed E-state index contributed by atoms with van der Waals surface area (Å²) in [6.45, 7) is 3.49. The molecule has 6 nitrogen and oxygen atoms in total. The lowest BCUT2D eigenvalue weighted by Crippen LogP contribution is -2.43. The summed E-state index contributed by atoms with van der Waals surface area (Å²) in [4.78, 5) is 12.1. The molecule has 1 fully saturated rings. The van der Waals surface area contributed by atoms with E-state index in [0.717, 1.165) is 12.8 Å². The van der Waals surface area contributed by atoms with Crippen LogP contribution < -0.4 is 5.32 Å². The summed E-state index contributed by atoms with van der Waals surface area (Å²) in [5.74, 6) is -0.187. The highest BCUT2D eigenvalue weighted by atomic mass is 32.2. The van der Waals surface area contributed by atoms with Gasteiger partial charge in [-0.15, -0.1) is 0 Å². The van der Waals surface area contributed by atoms with Gasteiger partial charge in [-0.25, -0.2) is 12.7 Å². The van der Waals surface area contributed by atoms with Crippen LogP contribution in [-0.4, -0.2) is 38.3 Å². The number of nitrogens with zero attached hydrogens (tertiary/aromatic N) is 2. The van der Waals surface area contributed by atoms with E-state index in [1.807, 2.05) is 6.07 Å². The number of carbonyl (C=O) groups excluding carboxylic acids is 1. The second-order valence-electron chi connectivity index (χ2n) is 6.39. The van der Waals surface area contributed by atoms with Crippen molar-refractivity contribution in [2.45, 2.75) is 38.4 Å². The summed E-state index contributed by atoms with van der Waals surface area (Å²) in [5.41, 5.74) is 1.06. The molecule has 0 bridgehead atoms. The zero-order valence-corrected chi connectivity index (χ0v) is 15.4. The molecule has 1 aromatic rings. The zero-order chi connectivity index (χ0) is 18.3. The first-order valence-electron chi connectivity index (χ1n) is 8.71. The molecular weight excluding hydrogens is 338 g/mol. The van der Waals surface area contributed by atoms with E-state index >= 15 is 0 Å². The van der Waals surface area contributed by atoms with Crippen molar-refractivity contribution in [3.05, 3.63) is 35.4 Å². The first kappa shape index (κ1) is 19.4. The minimum absolute atomic E-state index is 0.0345. The van der Waals surface area contributed by atoms with E-state index in [4.69, 9.17) is 5.26 Å². The van der Waals surface area contributed by atoms with Crippen molar-refractivity contribution < 1.29 is 13.2 Å². The van der Waals surface area contributed by atoms with E-state index in [-0.39, 0.29) is 17.6 Å². The van der Waals surface area contributed by atoms with Gasteiger partial charge < -0.3 is 5.32 Å². The largest absolute Gasteiger partial charge is 0.356 e. The van der Waals surface area contributed by atoms with Crippen molar-refractivity contribution in [3.63, 3.8) is 0 Å². The van der Waals surface area contributed by atoms with E-state index in [1.165, 1.54) is 4.31 Å². The first-order chi connectivity index (χ1) is 12.0. The van der Waals surface area contributed by atoms with Crippen LogP contribution in [0.3, 0.4) is 0 Å². The summed E-state index contributed by atoms with van der Waals surface area (Å²) < 4.78 is 26.6. The standard InChI is InChI=1S/C18H25N3O3S/c1-2-3-9-20-18(22)17-7-10-21(11-8-17)25(23,24)14-16-6-4-5-15(12-16)13-19/h4-6,12,17H,2-3,7-11,14H2,1H3,(H,20,22). The predicted octanol–water partition coefficient (Wildman–Crippen LogP) is 2.02. The summed E-state index contributed by atoms with van der Waals surface area (Å²) in [5, 5.41) is 11.8. The molecule has 1 amide bonds. The van der Waals surface area contributed by atoms with Crippen LogP contribution in [0.4, 0.5) is 0 Å². The van der Waals surface area contributed by atoms with Crippen LogP contribution in [0.15, 0.2) is 24.3 Å². The van der Waals surface area contributed by atoms with E-state index in [9.17, 15) is 13.2 Å². The van der Waals surface area contributed by atoms with Crippen LogP contribution >= 0.6 is 0 Å². The lowest BCUT2D eigenvalue weighted by molar-refractivity contribution is -0.126. The quantitative estimate of drug-likeness (QED) is 0.750. The van der Waals surface area contributed by atoms with E-state index in [2.05, 4.69) is 12.2 Å². The van der Waals surface area contributed by atoms with E-state index in [0.29, 0.717) is 43.6 Å². The second-order valence-corrected chi connectivity index (χ2v) is 8.36. The number of rotatable bonds is 7. The molecule has 0 aromatic heterocycles. The van der Waals surface area contributed by atoms with Crippen molar-refractivity contribution in [2.24, 2.45) is 5.92 Å². The maximum atomic E-state index is 12.6. The molecule has 0 atom stereocenters. The van der Waals surface area contributed by atoms with Crippen molar-refractivity contribution >= 4 is 15.9 Å². The number of nitriles is 1. The average Bonchev–Trinajstić information content (AvgIpc) is 2.61. The number of piperidine rings is 1. The van der Waals surface area contributed by atoms with Crippen molar-refractivity contribution in [3.8, 4) is 6.07 Å². The maximum Gasteiger partial charge on any atom is 0.223 e. The fourth-order valence-corrected chi connectivity index (χ4v) is 4.51. The van der Waals surface area contributed by atoms with E-state index in [1.54, 1.807) is 24.3 Å². The van der Waals surface area contributed by atoms with Gasteiger partial charge in [0.2, 0.25) is 15.9 Å². The fourth-order valence-electron chi connectivity index (χ4n) is 2.96.